The Balaban J connectivity index is 1.06. The zero-order chi connectivity index (χ0) is 19.1. The summed E-state index contributed by atoms with van der Waals surface area (Å²) in [7, 11) is 2.09. The molecular weight excluding hydrogens is 370 g/mol. The van der Waals surface area contributed by atoms with Crippen LogP contribution in [0.5, 0.6) is 0 Å². The van der Waals surface area contributed by atoms with Crippen LogP contribution < -0.4 is 25.4 Å². The lowest BCUT2D eigenvalue weighted by atomic mass is 9.90. The second kappa shape index (κ2) is 7.36. The molecule has 146 valence electrons. The second-order valence-corrected chi connectivity index (χ2v) is 8.85. The molecule has 1 saturated carbocycles. The largest absolute Gasteiger partial charge is 0.385 e. The third-order valence-corrected chi connectivity index (χ3v) is 6.79. The van der Waals surface area contributed by atoms with Gasteiger partial charge < -0.3 is 10.2 Å². The molecule has 2 aliphatic heterocycles. The molecular formula is C22H27ClN5+. The van der Waals surface area contributed by atoms with Crippen molar-refractivity contribution in [3.63, 3.8) is 0 Å². The van der Waals surface area contributed by atoms with Gasteiger partial charge in [-0.25, -0.2) is 9.97 Å². The summed E-state index contributed by atoms with van der Waals surface area (Å²) in [4.78, 5) is 11.0. The summed E-state index contributed by atoms with van der Waals surface area (Å²) in [6.07, 6.45) is 10.8. The van der Waals surface area contributed by atoms with Crippen LogP contribution in [0.2, 0.25) is 5.02 Å². The smallest absolute Gasteiger partial charge is 0.225 e. The SMILES string of the molecule is C[N+]1=c2ccc(NCCC3CC3C3CCN(c4ncc(Cl)cn4)CC3)cc2=C1. The third kappa shape index (κ3) is 3.60. The lowest BCUT2D eigenvalue weighted by Crippen LogP contribution is -2.44. The summed E-state index contributed by atoms with van der Waals surface area (Å²) in [5.41, 5.74) is 1.25. The Labute approximate surface area is 170 Å². The Kier molecular flexibility index (Phi) is 4.71. The fourth-order valence-electron chi connectivity index (χ4n) is 4.88. The molecule has 1 saturated heterocycles. The molecule has 1 aromatic heterocycles. The number of fused-ring (bicyclic) bond motifs is 1. The summed E-state index contributed by atoms with van der Waals surface area (Å²) in [5, 5.41) is 6.88. The molecule has 1 aliphatic carbocycles. The van der Waals surface area contributed by atoms with Crippen molar-refractivity contribution in [2.75, 3.05) is 36.9 Å². The molecule has 3 aliphatic rings. The average molecular weight is 397 g/mol. The number of hydrogen-bond donors (Lipinski definition) is 1. The normalized spacial score (nSPS) is 23.6. The summed E-state index contributed by atoms with van der Waals surface area (Å²) in [6.45, 7) is 3.20. The van der Waals surface area contributed by atoms with Gasteiger partial charge in [-0.3, -0.25) is 0 Å². The fourth-order valence-corrected chi connectivity index (χ4v) is 4.98. The van der Waals surface area contributed by atoms with Crippen molar-refractivity contribution < 1.29 is 0 Å². The molecule has 0 radical (unpaired) electrons. The van der Waals surface area contributed by atoms with Crippen LogP contribution in [-0.4, -0.2) is 36.6 Å². The first-order valence-corrected chi connectivity index (χ1v) is 10.7. The molecule has 2 aromatic rings. The van der Waals surface area contributed by atoms with Crippen LogP contribution in [0.1, 0.15) is 25.7 Å². The first kappa shape index (κ1) is 17.9. The van der Waals surface area contributed by atoms with E-state index in [4.69, 9.17) is 11.6 Å². The zero-order valence-electron chi connectivity index (χ0n) is 16.3. The molecule has 6 heteroatoms. The van der Waals surface area contributed by atoms with E-state index in [2.05, 4.69) is 56.2 Å². The maximum Gasteiger partial charge on any atom is 0.225 e. The van der Waals surface area contributed by atoms with Crippen molar-refractivity contribution in [1.82, 2.24) is 14.5 Å². The van der Waals surface area contributed by atoms with Crippen molar-refractivity contribution in [3.8, 4) is 0 Å². The summed E-state index contributed by atoms with van der Waals surface area (Å²) in [6, 6.07) is 6.66. The van der Waals surface area contributed by atoms with Gasteiger partial charge in [-0.2, -0.15) is 4.58 Å². The second-order valence-electron chi connectivity index (χ2n) is 8.41. The van der Waals surface area contributed by atoms with Gasteiger partial charge in [-0.05, 0) is 55.6 Å². The number of anilines is 2. The molecule has 1 N–H and O–H groups in total. The van der Waals surface area contributed by atoms with Crippen LogP contribution in [0.4, 0.5) is 11.6 Å². The van der Waals surface area contributed by atoms with Gasteiger partial charge in [0.15, 0.2) is 6.20 Å². The highest BCUT2D eigenvalue weighted by atomic mass is 35.5. The van der Waals surface area contributed by atoms with E-state index in [1.165, 1.54) is 41.9 Å². The third-order valence-electron chi connectivity index (χ3n) is 6.60. The van der Waals surface area contributed by atoms with E-state index in [0.29, 0.717) is 5.02 Å². The van der Waals surface area contributed by atoms with E-state index in [1.807, 2.05) is 0 Å². The molecule has 5 rings (SSSR count). The van der Waals surface area contributed by atoms with Crippen LogP contribution >= 0.6 is 11.6 Å². The number of aromatic nitrogens is 2. The van der Waals surface area contributed by atoms with Gasteiger partial charge in [0.25, 0.3) is 0 Å². The van der Waals surface area contributed by atoms with Crippen LogP contribution in [0, 0.1) is 17.8 Å². The van der Waals surface area contributed by atoms with Crippen molar-refractivity contribution >= 4 is 29.4 Å². The predicted molar refractivity (Wildman–Crippen MR) is 114 cm³/mol. The van der Waals surface area contributed by atoms with Crippen molar-refractivity contribution in [1.29, 1.82) is 0 Å². The number of nitrogens with zero attached hydrogens (tertiary/aromatic N) is 4. The zero-order valence-corrected chi connectivity index (χ0v) is 17.1. The number of piperidine rings is 1. The quantitative estimate of drug-likeness (QED) is 0.761. The molecule has 2 fully saturated rings. The van der Waals surface area contributed by atoms with Gasteiger partial charge in [0.2, 0.25) is 11.3 Å². The monoisotopic (exact) mass is 396 g/mol. The first-order valence-electron chi connectivity index (χ1n) is 10.4. The van der Waals surface area contributed by atoms with Gasteiger partial charge in [0, 0.05) is 31.4 Å². The highest BCUT2D eigenvalue weighted by Gasteiger charge is 2.43. The van der Waals surface area contributed by atoms with E-state index < -0.39 is 0 Å². The molecule has 28 heavy (non-hydrogen) atoms. The Morgan fingerprint density at radius 1 is 1.21 bits per heavy atom. The van der Waals surface area contributed by atoms with Crippen LogP contribution in [0.3, 0.4) is 0 Å². The van der Waals surface area contributed by atoms with Crippen LogP contribution in [0.15, 0.2) is 30.6 Å². The summed E-state index contributed by atoms with van der Waals surface area (Å²) in [5.74, 6) is 3.52. The standard InChI is InChI=1S/C22H27ClN5/c1-27-14-17-10-19(2-3-21(17)27)24-7-4-16-11-20(16)15-5-8-28(9-6-15)22-25-12-18(23)13-26-22/h2-3,10,12-16,20,24H,4-9,11H2,1H3/q+1. The molecule has 2 unspecified atom stereocenters. The van der Waals surface area contributed by atoms with Crippen LogP contribution in [0.25, 0.3) is 6.20 Å². The van der Waals surface area contributed by atoms with Gasteiger partial charge in [-0.15, -0.1) is 0 Å². The van der Waals surface area contributed by atoms with E-state index in [9.17, 15) is 0 Å². The maximum atomic E-state index is 5.89. The lowest BCUT2D eigenvalue weighted by molar-refractivity contribution is 0.343. The predicted octanol–water partition coefficient (Wildman–Crippen LogP) is 2.36. The number of halogens is 1. The minimum Gasteiger partial charge on any atom is -0.385 e. The minimum atomic E-state index is 0.600. The highest BCUT2D eigenvalue weighted by molar-refractivity contribution is 6.30. The van der Waals surface area contributed by atoms with Gasteiger partial charge in [0.1, 0.15) is 12.3 Å². The summed E-state index contributed by atoms with van der Waals surface area (Å²) >= 11 is 5.89. The Morgan fingerprint density at radius 2 is 2.00 bits per heavy atom. The highest BCUT2D eigenvalue weighted by Crippen LogP contribution is 2.49. The average Bonchev–Trinajstić information content (AvgIpc) is 3.48. The Morgan fingerprint density at radius 3 is 2.71 bits per heavy atom. The summed E-state index contributed by atoms with van der Waals surface area (Å²) < 4.78 is 2.16. The fraction of sp³-hybridized carbons (Fsp3) is 0.500. The molecule has 3 heterocycles. The number of hydrogen-bond acceptors (Lipinski definition) is 4. The van der Waals surface area contributed by atoms with Crippen LogP contribution in [-0.2, 0) is 0 Å². The van der Waals surface area contributed by atoms with E-state index in [1.54, 1.807) is 12.4 Å². The number of nitrogens with one attached hydrogen (secondary N) is 1. The minimum absolute atomic E-state index is 0.600. The number of benzene rings is 1. The molecule has 0 bridgehead atoms. The topological polar surface area (TPSA) is 44.1 Å². The van der Waals surface area contributed by atoms with Crippen molar-refractivity contribution in [2.45, 2.75) is 25.7 Å². The maximum absolute atomic E-state index is 5.89. The molecule has 1 aromatic carbocycles. The Bertz CT molecular complexity index is 979. The van der Waals surface area contributed by atoms with E-state index in [-0.39, 0.29) is 0 Å². The molecule has 0 spiro atoms. The first-order chi connectivity index (χ1) is 13.7. The molecule has 5 nitrogen and oxygen atoms in total. The van der Waals surface area contributed by atoms with E-state index in [0.717, 1.165) is 43.3 Å². The van der Waals surface area contributed by atoms with Gasteiger partial charge >= 0.3 is 0 Å². The Hall–Kier alpha value is -2.14. The lowest BCUT2D eigenvalue weighted by Gasteiger charge is -2.32. The van der Waals surface area contributed by atoms with Crippen molar-refractivity contribution in [3.05, 3.63) is 46.2 Å². The van der Waals surface area contributed by atoms with Gasteiger partial charge in [-0.1, -0.05) is 11.6 Å². The van der Waals surface area contributed by atoms with Gasteiger partial charge in [0.05, 0.1) is 17.4 Å². The molecule has 0 amide bonds. The molecule has 2 atom stereocenters. The van der Waals surface area contributed by atoms with Crippen molar-refractivity contribution in [2.24, 2.45) is 17.8 Å². The number of rotatable bonds is 6. The van der Waals surface area contributed by atoms with E-state index >= 15 is 0 Å².